The van der Waals surface area contributed by atoms with E-state index in [4.69, 9.17) is 4.74 Å². The number of amidine groups is 1. The summed E-state index contributed by atoms with van der Waals surface area (Å²) in [5.41, 5.74) is 1.17. The predicted octanol–water partition coefficient (Wildman–Crippen LogP) is 1.76. The number of hydrogen-bond donors (Lipinski definition) is 1. The van der Waals surface area contributed by atoms with Gasteiger partial charge in [-0.2, -0.15) is 0 Å². The van der Waals surface area contributed by atoms with Crippen LogP contribution in [-0.4, -0.2) is 24.5 Å². The maximum absolute atomic E-state index is 5.08. The Hall–Kier alpha value is -1.58. The first-order chi connectivity index (χ1) is 7.88. The van der Waals surface area contributed by atoms with Crippen molar-refractivity contribution in [3.05, 3.63) is 23.9 Å². The number of nitrogens with one attached hydrogen (secondary N) is 1. The molecule has 1 aliphatic rings. The molecule has 0 atom stereocenters. The van der Waals surface area contributed by atoms with Crippen LogP contribution in [0.3, 0.4) is 0 Å². The molecule has 1 aliphatic heterocycles. The molecule has 16 heavy (non-hydrogen) atoms. The molecule has 0 bridgehead atoms. The Balaban J connectivity index is 1.91. The highest BCUT2D eigenvalue weighted by atomic mass is 16.5. The topological polar surface area (TPSA) is 46.5 Å². The van der Waals surface area contributed by atoms with Crippen molar-refractivity contribution in [1.29, 1.82) is 0 Å². The quantitative estimate of drug-likeness (QED) is 0.842. The van der Waals surface area contributed by atoms with Crippen LogP contribution in [0.4, 0.5) is 0 Å². The minimum Gasteiger partial charge on any atom is -0.481 e. The van der Waals surface area contributed by atoms with Crippen LogP contribution in [0.2, 0.25) is 0 Å². The Morgan fingerprint density at radius 1 is 1.44 bits per heavy atom. The Kier molecular flexibility index (Phi) is 3.75. The Morgan fingerprint density at radius 3 is 3.12 bits per heavy atom. The van der Waals surface area contributed by atoms with Crippen molar-refractivity contribution in [3.8, 4) is 5.88 Å². The normalized spacial score (nSPS) is 15.4. The lowest BCUT2D eigenvalue weighted by Gasteiger charge is -2.13. The number of hydrogen-bond acceptors (Lipinski definition) is 4. The highest BCUT2D eigenvalue weighted by Crippen LogP contribution is 2.09. The molecular weight excluding hydrogens is 202 g/mol. The third-order valence-electron chi connectivity index (χ3n) is 2.63. The van der Waals surface area contributed by atoms with Gasteiger partial charge in [-0.05, 0) is 24.5 Å². The zero-order chi connectivity index (χ0) is 11.2. The van der Waals surface area contributed by atoms with Gasteiger partial charge in [0, 0.05) is 31.8 Å². The van der Waals surface area contributed by atoms with Crippen molar-refractivity contribution in [2.24, 2.45) is 4.99 Å². The van der Waals surface area contributed by atoms with Gasteiger partial charge in [-0.15, -0.1) is 0 Å². The number of rotatable bonds is 3. The molecule has 0 aliphatic carbocycles. The molecule has 0 spiro atoms. The van der Waals surface area contributed by atoms with Crippen LogP contribution in [0.1, 0.15) is 24.8 Å². The third kappa shape index (κ3) is 2.95. The first-order valence-electron chi connectivity index (χ1n) is 5.64. The van der Waals surface area contributed by atoms with Crippen molar-refractivity contribution in [2.45, 2.75) is 25.8 Å². The van der Waals surface area contributed by atoms with Crippen LogP contribution >= 0.6 is 0 Å². The van der Waals surface area contributed by atoms with Gasteiger partial charge in [-0.25, -0.2) is 4.98 Å². The summed E-state index contributed by atoms with van der Waals surface area (Å²) in [5.74, 6) is 1.78. The maximum Gasteiger partial charge on any atom is 0.213 e. The minimum atomic E-state index is 0.657. The van der Waals surface area contributed by atoms with Crippen molar-refractivity contribution in [3.63, 3.8) is 0 Å². The van der Waals surface area contributed by atoms with Gasteiger partial charge >= 0.3 is 0 Å². The minimum absolute atomic E-state index is 0.657. The second kappa shape index (κ2) is 5.49. The molecule has 0 aromatic carbocycles. The molecule has 1 N–H and O–H groups in total. The monoisotopic (exact) mass is 219 g/mol. The van der Waals surface area contributed by atoms with E-state index in [9.17, 15) is 0 Å². The van der Waals surface area contributed by atoms with E-state index in [-0.39, 0.29) is 0 Å². The number of pyridine rings is 1. The molecule has 4 nitrogen and oxygen atoms in total. The predicted molar refractivity (Wildman–Crippen MR) is 63.8 cm³/mol. The van der Waals surface area contributed by atoms with E-state index in [1.165, 1.54) is 18.4 Å². The summed E-state index contributed by atoms with van der Waals surface area (Å²) >= 11 is 0. The van der Waals surface area contributed by atoms with Crippen LogP contribution in [0.15, 0.2) is 23.3 Å². The smallest absolute Gasteiger partial charge is 0.213 e. The summed E-state index contributed by atoms with van der Waals surface area (Å²) in [7, 11) is 1.63. The zero-order valence-electron chi connectivity index (χ0n) is 9.57. The van der Waals surface area contributed by atoms with Crippen LogP contribution in [0, 0.1) is 0 Å². The van der Waals surface area contributed by atoms with E-state index in [2.05, 4.69) is 15.3 Å². The van der Waals surface area contributed by atoms with E-state index < -0.39 is 0 Å². The molecular formula is C12H17N3O. The molecule has 2 heterocycles. The summed E-state index contributed by atoms with van der Waals surface area (Å²) in [6, 6.07) is 3.93. The summed E-state index contributed by atoms with van der Waals surface area (Å²) in [6.45, 7) is 1.75. The largest absolute Gasteiger partial charge is 0.481 e. The first-order valence-corrected chi connectivity index (χ1v) is 5.64. The second-order valence-corrected chi connectivity index (χ2v) is 3.85. The van der Waals surface area contributed by atoms with E-state index in [0.717, 1.165) is 25.3 Å². The number of aromatic nitrogens is 1. The van der Waals surface area contributed by atoms with Crippen molar-refractivity contribution in [1.82, 2.24) is 10.3 Å². The van der Waals surface area contributed by atoms with Gasteiger partial charge in [0.25, 0.3) is 0 Å². The highest BCUT2D eigenvalue weighted by molar-refractivity contribution is 5.82. The van der Waals surface area contributed by atoms with E-state index in [1.54, 1.807) is 13.3 Å². The van der Waals surface area contributed by atoms with Gasteiger partial charge in [0.15, 0.2) is 0 Å². The molecule has 0 unspecified atom stereocenters. The molecule has 0 saturated heterocycles. The molecule has 1 aromatic rings. The average Bonchev–Trinajstić information content (AvgIpc) is 2.38. The fourth-order valence-electron chi connectivity index (χ4n) is 1.72. The number of methoxy groups -OCH3 is 1. The van der Waals surface area contributed by atoms with Gasteiger partial charge in [-0.3, -0.25) is 4.99 Å². The maximum atomic E-state index is 5.08. The summed E-state index contributed by atoms with van der Waals surface area (Å²) < 4.78 is 5.08. The van der Waals surface area contributed by atoms with E-state index >= 15 is 0 Å². The fraction of sp³-hybridized carbons (Fsp3) is 0.500. The van der Waals surface area contributed by atoms with Gasteiger partial charge in [0.05, 0.1) is 12.9 Å². The van der Waals surface area contributed by atoms with Crippen LogP contribution < -0.4 is 10.1 Å². The first kappa shape index (κ1) is 10.9. The van der Waals surface area contributed by atoms with Crippen molar-refractivity contribution in [2.75, 3.05) is 13.7 Å². The number of nitrogens with zero attached hydrogens (tertiary/aromatic N) is 2. The summed E-state index contributed by atoms with van der Waals surface area (Å²) in [6.07, 6.45) is 5.29. The molecule has 0 radical (unpaired) electrons. The zero-order valence-corrected chi connectivity index (χ0v) is 9.57. The van der Waals surface area contributed by atoms with Crippen LogP contribution in [0.25, 0.3) is 0 Å². The summed E-state index contributed by atoms with van der Waals surface area (Å²) in [4.78, 5) is 8.52. The summed E-state index contributed by atoms with van der Waals surface area (Å²) in [5, 5.41) is 3.36. The molecule has 0 amide bonds. The lowest BCUT2D eigenvalue weighted by atomic mass is 10.2. The van der Waals surface area contributed by atoms with Gasteiger partial charge in [0.2, 0.25) is 5.88 Å². The standard InChI is InChI=1S/C12H17N3O/c1-16-12-8-10(5-7-14-12)9-15-11-4-2-3-6-13-11/h5,7-8H,2-4,6,9H2,1H3,(H,13,15). The molecule has 2 rings (SSSR count). The van der Waals surface area contributed by atoms with E-state index in [0.29, 0.717) is 5.88 Å². The SMILES string of the molecule is COc1cc(CNC2=NCCCC2)ccn1. The lowest BCUT2D eigenvalue weighted by molar-refractivity contribution is 0.397. The Morgan fingerprint density at radius 2 is 2.38 bits per heavy atom. The third-order valence-corrected chi connectivity index (χ3v) is 2.63. The van der Waals surface area contributed by atoms with Gasteiger partial charge < -0.3 is 10.1 Å². The Bertz CT molecular complexity index is 376. The van der Waals surface area contributed by atoms with Gasteiger partial charge in [0.1, 0.15) is 0 Å². The molecule has 0 saturated carbocycles. The van der Waals surface area contributed by atoms with Crippen LogP contribution in [-0.2, 0) is 6.54 Å². The lowest BCUT2D eigenvalue weighted by Crippen LogP contribution is -2.25. The van der Waals surface area contributed by atoms with Gasteiger partial charge in [-0.1, -0.05) is 0 Å². The molecule has 86 valence electrons. The second-order valence-electron chi connectivity index (χ2n) is 3.85. The molecule has 1 aromatic heterocycles. The van der Waals surface area contributed by atoms with Crippen molar-refractivity contribution >= 4 is 5.84 Å². The molecule has 0 fully saturated rings. The number of ether oxygens (including phenoxy) is 1. The fourth-order valence-corrected chi connectivity index (χ4v) is 1.72. The molecule has 4 heteroatoms. The Labute approximate surface area is 95.8 Å². The van der Waals surface area contributed by atoms with E-state index in [1.807, 2.05) is 12.1 Å². The highest BCUT2D eigenvalue weighted by Gasteiger charge is 2.04. The van der Waals surface area contributed by atoms with Crippen LogP contribution in [0.5, 0.6) is 5.88 Å². The number of aliphatic imine (C=N–C) groups is 1. The average molecular weight is 219 g/mol. The van der Waals surface area contributed by atoms with Crippen molar-refractivity contribution < 1.29 is 4.74 Å².